The Morgan fingerprint density at radius 3 is 2.24 bits per heavy atom. The van der Waals surface area contributed by atoms with Gasteiger partial charge in [0.05, 0.1) is 0 Å². The van der Waals surface area contributed by atoms with E-state index in [0.29, 0.717) is 0 Å². The monoisotopic (exact) mass is 307 g/mol. The van der Waals surface area contributed by atoms with Crippen LogP contribution in [0, 0.1) is 0 Å². The summed E-state index contributed by atoms with van der Waals surface area (Å²) in [7, 11) is 0. The highest BCUT2D eigenvalue weighted by molar-refractivity contribution is 5.88. The highest BCUT2D eigenvalue weighted by Crippen LogP contribution is 1.98. The third-order valence-corrected chi connectivity index (χ3v) is 2.38. The first-order valence-electron chi connectivity index (χ1n) is 6.13. The second kappa shape index (κ2) is 9.50. The van der Waals surface area contributed by atoms with Crippen molar-refractivity contribution in [3.63, 3.8) is 0 Å². The van der Waals surface area contributed by atoms with Gasteiger partial charge in [-0.05, 0) is 13.3 Å². The minimum Gasteiger partial charge on any atom is -0.481 e. The van der Waals surface area contributed by atoms with E-state index < -0.39 is 49.1 Å². The molecule has 120 valence electrons. The van der Waals surface area contributed by atoms with E-state index in [4.69, 9.17) is 10.2 Å². The van der Waals surface area contributed by atoms with Crippen molar-refractivity contribution >= 4 is 23.9 Å². The molecule has 5 N–H and O–H groups in total. The average Bonchev–Trinajstić information content (AvgIpc) is 2.39. The van der Waals surface area contributed by atoms with E-state index in [1.165, 1.54) is 6.92 Å². The molecule has 2 unspecified atom stereocenters. The van der Waals surface area contributed by atoms with Crippen LogP contribution in [0.3, 0.4) is 0 Å². The molecule has 9 nitrogen and oxygen atoms in total. The molecule has 0 aromatic heterocycles. The van der Waals surface area contributed by atoms with Gasteiger partial charge in [-0.3, -0.25) is 9.59 Å². The van der Waals surface area contributed by atoms with Crippen molar-refractivity contribution < 1.29 is 33.8 Å². The molecule has 0 saturated heterocycles. The van der Waals surface area contributed by atoms with Crippen LogP contribution in [0.15, 0.2) is 0 Å². The zero-order chi connectivity index (χ0) is 16.4. The molecule has 0 fully saturated rings. The Bertz CT molecular complexity index is 403. The van der Waals surface area contributed by atoms with E-state index in [2.05, 4.69) is 10.6 Å². The van der Waals surface area contributed by atoms with Gasteiger partial charge in [0, 0.05) is 13.0 Å². The van der Waals surface area contributed by atoms with Crippen molar-refractivity contribution in [1.29, 1.82) is 0 Å². The first-order valence-corrected chi connectivity index (χ1v) is 6.13. The smallest absolute Gasteiger partial charge is 0.326 e. The normalized spacial score (nSPS) is 12.9. The van der Waals surface area contributed by atoms with Gasteiger partial charge in [-0.1, -0.05) is 0 Å². The van der Waals surface area contributed by atoms with E-state index in [1.54, 1.807) is 0 Å². The molecule has 3 amide bonds. The van der Waals surface area contributed by atoms with E-state index in [-0.39, 0.29) is 13.0 Å². The summed E-state index contributed by atoms with van der Waals surface area (Å²) in [6.07, 6.45) is -0.718. The van der Waals surface area contributed by atoms with Gasteiger partial charge in [0.1, 0.15) is 18.8 Å². The summed E-state index contributed by atoms with van der Waals surface area (Å²) in [4.78, 5) is 44.1. The van der Waals surface area contributed by atoms with Crippen LogP contribution < -0.4 is 16.0 Å². The zero-order valence-corrected chi connectivity index (χ0v) is 11.4. The number of hydrogen-bond donors (Lipinski definition) is 5. The van der Waals surface area contributed by atoms with E-state index in [0.717, 1.165) is 0 Å². The molecule has 10 heteroatoms. The number of rotatable bonds is 9. The van der Waals surface area contributed by atoms with Crippen molar-refractivity contribution in [2.75, 3.05) is 13.2 Å². The van der Waals surface area contributed by atoms with E-state index >= 15 is 0 Å². The second-order valence-corrected chi connectivity index (χ2v) is 4.14. The summed E-state index contributed by atoms with van der Waals surface area (Å²) >= 11 is 0. The molecule has 0 aromatic carbocycles. The summed E-state index contributed by atoms with van der Waals surface area (Å²) in [6, 6.07) is -3.32. The molecular weight excluding hydrogens is 289 g/mol. The van der Waals surface area contributed by atoms with Gasteiger partial charge in [0.2, 0.25) is 5.91 Å². The molecule has 0 aliphatic carbocycles. The number of urea groups is 1. The number of alkyl halides is 1. The van der Waals surface area contributed by atoms with Crippen LogP contribution in [0.2, 0.25) is 0 Å². The van der Waals surface area contributed by atoms with Crippen LogP contribution in [-0.2, 0) is 14.4 Å². The number of aliphatic carboxylic acids is 2. The summed E-state index contributed by atoms with van der Waals surface area (Å²) in [5.41, 5.74) is 0. The van der Waals surface area contributed by atoms with Crippen LogP contribution in [-0.4, -0.2) is 59.4 Å². The molecule has 0 bridgehead atoms. The molecule has 21 heavy (non-hydrogen) atoms. The van der Waals surface area contributed by atoms with Gasteiger partial charge < -0.3 is 26.2 Å². The van der Waals surface area contributed by atoms with Gasteiger partial charge in [0.25, 0.3) is 0 Å². The number of carboxylic acid groups (broad SMARTS) is 2. The van der Waals surface area contributed by atoms with Crippen molar-refractivity contribution in [2.24, 2.45) is 0 Å². The van der Waals surface area contributed by atoms with Gasteiger partial charge in [-0.15, -0.1) is 0 Å². The molecule has 0 aliphatic heterocycles. The third-order valence-electron chi connectivity index (χ3n) is 2.38. The Kier molecular flexibility index (Phi) is 8.42. The van der Waals surface area contributed by atoms with Gasteiger partial charge in [0.15, 0.2) is 0 Å². The van der Waals surface area contributed by atoms with E-state index in [1.807, 2.05) is 5.32 Å². The quantitative estimate of drug-likeness (QED) is 0.372. The van der Waals surface area contributed by atoms with Gasteiger partial charge >= 0.3 is 18.0 Å². The lowest BCUT2D eigenvalue weighted by Crippen LogP contribution is -2.52. The fourth-order valence-corrected chi connectivity index (χ4v) is 1.31. The minimum atomic E-state index is -1.39. The SMILES string of the molecule is CC(NC(=O)NC(CCC(=O)O)C(=O)O)C(=O)NCCF. The average molecular weight is 307 g/mol. The zero-order valence-electron chi connectivity index (χ0n) is 11.4. The van der Waals surface area contributed by atoms with Crippen LogP contribution in [0.25, 0.3) is 0 Å². The van der Waals surface area contributed by atoms with Crippen molar-refractivity contribution in [2.45, 2.75) is 31.8 Å². The lowest BCUT2D eigenvalue weighted by molar-refractivity contribution is -0.140. The Morgan fingerprint density at radius 2 is 1.76 bits per heavy atom. The lowest BCUT2D eigenvalue weighted by Gasteiger charge is -2.17. The van der Waals surface area contributed by atoms with E-state index in [9.17, 15) is 23.6 Å². The molecule has 0 aromatic rings. The van der Waals surface area contributed by atoms with Gasteiger partial charge in [-0.2, -0.15) is 0 Å². The summed E-state index contributed by atoms with van der Waals surface area (Å²) in [6.45, 7) is 0.393. The Hall–Kier alpha value is -2.39. The standard InChI is InChI=1S/C11H18FN3O6/c1-6(9(18)13-5-4-12)14-11(21)15-7(10(19)20)2-3-8(16)17/h6-7H,2-5H2,1H3,(H,13,18)(H,16,17)(H,19,20)(H2,14,15,21). The summed E-state index contributed by atoms with van der Waals surface area (Å²) in [5, 5.41) is 23.7. The predicted octanol–water partition coefficient (Wildman–Crippen LogP) is -0.922. The molecule has 0 aliphatic rings. The highest BCUT2D eigenvalue weighted by atomic mass is 19.1. The summed E-state index contributed by atoms with van der Waals surface area (Å²) < 4.78 is 11.9. The Morgan fingerprint density at radius 1 is 1.14 bits per heavy atom. The second-order valence-electron chi connectivity index (χ2n) is 4.14. The number of nitrogens with one attached hydrogen (secondary N) is 3. The largest absolute Gasteiger partial charge is 0.481 e. The van der Waals surface area contributed by atoms with Gasteiger partial charge in [-0.25, -0.2) is 14.0 Å². The number of carboxylic acids is 2. The fraction of sp³-hybridized carbons (Fsp3) is 0.636. The maximum absolute atomic E-state index is 11.9. The molecule has 0 rings (SSSR count). The first kappa shape index (κ1) is 18.6. The first-order chi connectivity index (χ1) is 9.77. The maximum Gasteiger partial charge on any atom is 0.326 e. The number of carbonyl (C=O) groups is 4. The predicted molar refractivity (Wildman–Crippen MR) is 68.4 cm³/mol. The van der Waals surface area contributed by atoms with Crippen LogP contribution in [0.1, 0.15) is 19.8 Å². The molecule has 0 saturated carbocycles. The Labute approximate surface area is 119 Å². The molecule has 2 atom stereocenters. The minimum absolute atomic E-state index is 0.192. The fourth-order valence-electron chi connectivity index (χ4n) is 1.31. The van der Waals surface area contributed by atoms with Crippen LogP contribution in [0.4, 0.5) is 9.18 Å². The lowest BCUT2D eigenvalue weighted by atomic mass is 10.1. The van der Waals surface area contributed by atoms with Crippen molar-refractivity contribution in [3.05, 3.63) is 0 Å². The molecule has 0 heterocycles. The van der Waals surface area contributed by atoms with Crippen LogP contribution in [0.5, 0.6) is 0 Å². The topological polar surface area (TPSA) is 145 Å². The third kappa shape index (κ3) is 8.39. The molecule has 0 spiro atoms. The molecular formula is C11H18FN3O6. The van der Waals surface area contributed by atoms with Crippen molar-refractivity contribution in [1.82, 2.24) is 16.0 Å². The van der Waals surface area contributed by atoms with Crippen LogP contribution >= 0.6 is 0 Å². The number of halogens is 1. The maximum atomic E-state index is 11.9. The molecule has 0 radical (unpaired) electrons. The summed E-state index contributed by atoms with van der Waals surface area (Å²) in [5.74, 6) is -3.21. The number of carbonyl (C=O) groups excluding carboxylic acids is 2. The Balaban J connectivity index is 4.33. The highest BCUT2D eigenvalue weighted by Gasteiger charge is 2.22. The number of hydrogen-bond acceptors (Lipinski definition) is 4. The number of amides is 3. The van der Waals surface area contributed by atoms with Crippen molar-refractivity contribution in [3.8, 4) is 0 Å².